The van der Waals surface area contributed by atoms with Gasteiger partial charge in [0.2, 0.25) is 0 Å². The van der Waals surface area contributed by atoms with Gasteiger partial charge < -0.3 is 24.8 Å². The molecule has 0 aliphatic carbocycles. The summed E-state index contributed by atoms with van der Waals surface area (Å²) >= 11 is 6.40. The predicted octanol–water partition coefficient (Wildman–Crippen LogP) is 3.94. The molecule has 0 radical (unpaired) electrons. The molecule has 0 saturated carbocycles. The summed E-state index contributed by atoms with van der Waals surface area (Å²) < 4.78 is 16.9. The average Bonchev–Trinajstić information content (AvgIpc) is 2.57. The minimum Gasteiger partial charge on any atom is -0.490 e. The second-order valence-electron chi connectivity index (χ2n) is 7.86. The van der Waals surface area contributed by atoms with Crippen LogP contribution in [0.3, 0.4) is 0 Å². The molecule has 0 aliphatic rings. The van der Waals surface area contributed by atoms with Gasteiger partial charge in [0.25, 0.3) is 5.91 Å². The van der Waals surface area contributed by atoms with Crippen LogP contribution in [0.2, 0.25) is 5.02 Å². The predicted molar refractivity (Wildman–Crippen MR) is 113 cm³/mol. The highest BCUT2D eigenvalue weighted by atomic mass is 35.5. The topological polar surface area (TPSA) is 68.8 Å². The molecule has 0 atom stereocenters. The minimum absolute atomic E-state index is 0.0961. The van der Waals surface area contributed by atoms with Gasteiger partial charge in [0.15, 0.2) is 18.1 Å². The fourth-order valence-corrected chi connectivity index (χ4v) is 2.65. The number of benzene rings is 1. The highest BCUT2D eigenvalue weighted by Crippen LogP contribution is 2.33. The highest BCUT2D eigenvalue weighted by molar-refractivity contribution is 6.31. The van der Waals surface area contributed by atoms with Crippen molar-refractivity contribution in [2.24, 2.45) is 0 Å². The van der Waals surface area contributed by atoms with Gasteiger partial charge in [0.05, 0.1) is 12.7 Å². The van der Waals surface area contributed by atoms with Crippen molar-refractivity contribution in [3.05, 3.63) is 22.7 Å². The lowest BCUT2D eigenvalue weighted by atomic mass is 10.1. The molecule has 0 unspecified atom stereocenters. The van der Waals surface area contributed by atoms with E-state index in [0.29, 0.717) is 29.7 Å². The molecule has 6 nitrogen and oxygen atoms in total. The number of ether oxygens (including phenoxy) is 3. The zero-order chi connectivity index (χ0) is 21.2. The van der Waals surface area contributed by atoms with E-state index in [4.69, 9.17) is 25.8 Å². The number of carbonyl (C=O) groups is 1. The van der Waals surface area contributed by atoms with E-state index in [1.54, 1.807) is 6.07 Å². The molecule has 0 saturated heterocycles. The molecular formula is C21H35ClN2O4. The third kappa shape index (κ3) is 10.2. The quantitative estimate of drug-likeness (QED) is 0.507. The summed E-state index contributed by atoms with van der Waals surface area (Å²) in [5, 5.41) is 6.79. The van der Waals surface area contributed by atoms with Gasteiger partial charge in [-0.1, -0.05) is 11.6 Å². The smallest absolute Gasteiger partial charge is 0.258 e. The Morgan fingerprint density at radius 2 is 1.86 bits per heavy atom. The van der Waals surface area contributed by atoms with Gasteiger partial charge in [-0.15, -0.1) is 0 Å². The summed E-state index contributed by atoms with van der Waals surface area (Å²) in [6.45, 7) is 14.3. The average molecular weight is 415 g/mol. The van der Waals surface area contributed by atoms with E-state index in [2.05, 4.69) is 10.6 Å². The van der Waals surface area contributed by atoms with Crippen LogP contribution in [-0.2, 0) is 16.1 Å². The Morgan fingerprint density at radius 3 is 2.46 bits per heavy atom. The van der Waals surface area contributed by atoms with Crippen molar-refractivity contribution in [3.8, 4) is 11.5 Å². The maximum Gasteiger partial charge on any atom is 0.258 e. The van der Waals surface area contributed by atoms with Gasteiger partial charge in [0, 0.05) is 29.8 Å². The van der Waals surface area contributed by atoms with Gasteiger partial charge >= 0.3 is 0 Å². The van der Waals surface area contributed by atoms with Gasteiger partial charge in [-0.2, -0.15) is 0 Å². The van der Waals surface area contributed by atoms with Crippen LogP contribution >= 0.6 is 11.6 Å². The molecule has 1 aromatic carbocycles. The van der Waals surface area contributed by atoms with E-state index in [-0.39, 0.29) is 24.2 Å². The number of halogens is 1. The Labute approximate surface area is 174 Å². The van der Waals surface area contributed by atoms with Crippen LogP contribution in [0.15, 0.2) is 12.1 Å². The van der Waals surface area contributed by atoms with Crippen LogP contribution in [0.5, 0.6) is 11.5 Å². The molecule has 160 valence electrons. The van der Waals surface area contributed by atoms with E-state index >= 15 is 0 Å². The fourth-order valence-electron chi connectivity index (χ4n) is 2.43. The van der Waals surface area contributed by atoms with E-state index in [1.165, 1.54) is 0 Å². The first kappa shape index (κ1) is 24.5. The molecule has 28 heavy (non-hydrogen) atoms. The molecule has 1 amide bonds. The Hall–Kier alpha value is -1.50. The molecular weight excluding hydrogens is 380 g/mol. The molecule has 0 aliphatic heterocycles. The molecule has 0 bridgehead atoms. The number of rotatable bonds is 12. The first-order valence-corrected chi connectivity index (χ1v) is 10.2. The summed E-state index contributed by atoms with van der Waals surface area (Å²) in [5.74, 6) is 0.848. The molecule has 0 heterocycles. The Morgan fingerprint density at radius 1 is 1.18 bits per heavy atom. The minimum atomic E-state index is -0.309. The van der Waals surface area contributed by atoms with Crippen LogP contribution < -0.4 is 20.1 Å². The van der Waals surface area contributed by atoms with Crippen LogP contribution in [0.4, 0.5) is 0 Å². The molecule has 2 N–H and O–H groups in total. The maximum atomic E-state index is 12.0. The van der Waals surface area contributed by atoms with Crippen LogP contribution in [0.25, 0.3) is 0 Å². The molecule has 7 heteroatoms. The lowest BCUT2D eigenvalue weighted by Crippen LogP contribution is -2.43. The summed E-state index contributed by atoms with van der Waals surface area (Å²) in [4.78, 5) is 12.0. The maximum absolute atomic E-state index is 12.0. The number of hydrogen-bond donors (Lipinski definition) is 2. The van der Waals surface area contributed by atoms with Gasteiger partial charge in [-0.05, 0) is 66.1 Å². The lowest BCUT2D eigenvalue weighted by Gasteiger charge is -2.21. The van der Waals surface area contributed by atoms with Gasteiger partial charge in [0.1, 0.15) is 0 Å². The second-order valence-corrected chi connectivity index (χ2v) is 8.27. The summed E-state index contributed by atoms with van der Waals surface area (Å²) in [5.41, 5.74) is 0.609. The Bertz CT molecular complexity index is 615. The molecule has 1 aromatic rings. The Balaban J connectivity index is 2.65. The van der Waals surface area contributed by atoms with Gasteiger partial charge in [-0.3, -0.25) is 4.79 Å². The molecule has 0 aromatic heterocycles. The van der Waals surface area contributed by atoms with Crippen molar-refractivity contribution in [3.63, 3.8) is 0 Å². The van der Waals surface area contributed by atoms with Crippen molar-refractivity contribution in [1.29, 1.82) is 0 Å². The van der Waals surface area contributed by atoms with Gasteiger partial charge in [-0.25, -0.2) is 0 Å². The lowest BCUT2D eigenvalue weighted by molar-refractivity contribution is -0.124. The number of carbonyl (C=O) groups excluding carboxylic acids is 1. The van der Waals surface area contributed by atoms with Crippen molar-refractivity contribution < 1.29 is 19.0 Å². The van der Waals surface area contributed by atoms with E-state index in [9.17, 15) is 4.79 Å². The monoisotopic (exact) mass is 414 g/mol. The Kier molecular flexibility index (Phi) is 10.6. The standard InChI is InChI=1S/C21H35ClN2O4/c1-7-26-18-11-16(13-23-9-8-10-27-15(2)3)17(22)12-19(18)28-14-20(25)24-21(4,5)6/h11-12,15,23H,7-10,13-14H2,1-6H3,(H,24,25). The van der Waals surface area contributed by atoms with E-state index in [0.717, 1.165) is 25.1 Å². The number of nitrogens with one attached hydrogen (secondary N) is 2. The normalized spacial score (nSPS) is 11.6. The first-order chi connectivity index (χ1) is 13.1. The molecule has 1 rings (SSSR count). The third-order valence-electron chi connectivity index (χ3n) is 3.55. The zero-order valence-corrected chi connectivity index (χ0v) is 18.7. The SMILES string of the molecule is CCOc1cc(CNCCCOC(C)C)c(Cl)cc1OCC(=O)NC(C)(C)C. The highest BCUT2D eigenvalue weighted by Gasteiger charge is 2.16. The fraction of sp³-hybridized carbons (Fsp3) is 0.667. The summed E-state index contributed by atoms with van der Waals surface area (Å²) in [6, 6.07) is 3.57. The summed E-state index contributed by atoms with van der Waals surface area (Å²) in [7, 11) is 0. The van der Waals surface area contributed by atoms with Crippen molar-refractivity contribution >= 4 is 17.5 Å². The van der Waals surface area contributed by atoms with E-state index < -0.39 is 0 Å². The number of hydrogen-bond acceptors (Lipinski definition) is 5. The van der Waals surface area contributed by atoms with Crippen LogP contribution in [0.1, 0.15) is 53.5 Å². The van der Waals surface area contributed by atoms with Crippen molar-refractivity contribution in [1.82, 2.24) is 10.6 Å². The first-order valence-electron chi connectivity index (χ1n) is 9.83. The zero-order valence-electron chi connectivity index (χ0n) is 18.0. The summed E-state index contributed by atoms with van der Waals surface area (Å²) in [6.07, 6.45) is 1.18. The van der Waals surface area contributed by atoms with Crippen molar-refractivity contribution in [2.75, 3.05) is 26.4 Å². The third-order valence-corrected chi connectivity index (χ3v) is 3.90. The number of amides is 1. The van der Waals surface area contributed by atoms with E-state index in [1.807, 2.05) is 47.6 Å². The molecule has 0 spiro atoms. The molecule has 0 fully saturated rings. The van der Waals surface area contributed by atoms with Crippen molar-refractivity contribution in [2.45, 2.75) is 66.2 Å². The largest absolute Gasteiger partial charge is 0.490 e. The second kappa shape index (κ2) is 12.1. The van der Waals surface area contributed by atoms with Crippen LogP contribution in [0, 0.1) is 0 Å². The van der Waals surface area contributed by atoms with Crippen LogP contribution in [-0.4, -0.2) is 43.9 Å².